The summed E-state index contributed by atoms with van der Waals surface area (Å²) >= 11 is 6.10. The van der Waals surface area contributed by atoms with Gasteiger partial charge >= 0.3 is 5.97 Å². The van der Waals surface area contributed by atoms with Gasteiger partial charge in [0.25, 0.3) is 0 Å². The van der Waals surface area contributed by atoms with Crippen molar-refractivity contribution in [2.24, 2.45) is 0 Å². The molecule has 0 spiro atoms. The predicted octanol–water partition coefficient (Wildman–Crippen LogP) is 5.87. The molecule has 3 aromatic carbocycles. The molecule has 4 rings (SSSR count). The van der Waals surface area contributed by atoms with Crippen LogP contribution >= 0.6 is 11.6 Å². The SMILES string of the molecule is CC(=O)N[C@@]1(C)C[C@@H](c2ccc(Cl)cc2)O[C@@H](c2cc(OCc3ccccc3)ccc2OCC(=O)O)C1. The van der Waals surface area contributed by atoms with Crippen LogP contribution < -0.4 is 14.8 Å². The van der Waals surface area contributed by atoms with E-state index >= 15 is 0 Å². The first-order chi connectivity index (χ1) is 17.7. The minimum Gasteiger partial charge on any atom is -0.489 e. The Balaban J connectivity index is 1.67. The summed E-state index contributed by atoms with van der Waals surface area (Å²) in [4.78, 5) is 23.3. The van der Waals surface area contributed by atoms with Crippen molar-refractivity contribution in [2.75, 3.05) is 6.61 Å². The molecule has 1 heterocycles. The maximum absolute atomic E-state index is 12.1. The minimum absolute atomic E-state index is 0.139. The molecule has 0 radical (unpaired) electrons. The highest BCUT2D eigenvalue weighted by atomic mass is 35.5. The first-order valence-electron chi connectivity index (χ1n) is 12.1. The van der Waals surface area contributed by atoms with Gasteiger partial charge in [0, 0.05) is 35.9 Å². The largest absolute Gasteiger partial charge is 0.489 e. The van der Waals surface area contributed by atoms with Crippen molar-refractivity contribution < 1.29 is 28.9 Å². The fourth-order valence-electron chi connectivity index (χ4n) is 4.66. The zero-order chi connectivity index (χ0) is 26.4. The van der Waals surface area contributed by atoms with Gasteiger partial charge in [0.2, 0.25) is 5.91 Å². The van der Waals surface area contributed by atoms with Crippen LogP contribution in [0.4, 0.5) is 0 Å². The van der Waals surface area contributed by atoms with Gasteiger partial charge in [-0.15, -0.1) is 0 Å². The molecular weight excluding hydrogens is 494 g/mol. The lowest BCUT2D eigenvalue weighted by molar-refractivity contribution is -0.139. The maximum Gasteiger partial charge on any atom is 0.341 e. The average molecular weight is 524 g/mol. The third-order valence-electron chi connectivity index (χ3n) is 6.25. The number of carboxylic acids is 1. The number of aliphatic carboxylic acids is 1. The molecule has 0 saturated carbocycles. The standard InChI is InChI=1S/C29H30ClNO6/c1-19(32)31-29(2)15-26(21-8-10-22(30)11-9-21)37-27(16-29)24-14-23(12-13-25(24)36-18-28(33)34)35-17-20-6-4-3-5-7-20/h3-14,26-27H,15-18H2,1-2H3,(H,31,32)(H,33,34)/t26-,27+,29-/m0/s1. The number of hydrogen-bond donors (Lipinski definition) is 2. The first kappa shape index (κ1) is 26.5. The van der Waals surface area contributed by atoms with Crippen LogP contribution in [0.2, 0.25) is 5.02 Å². The quantitative estimate of drug-likeness (QED) is 0.364. The average Bonchev–Trinajstić information content (AvgIpc) is 2.86. The molecule has 0 unspecified atom stereocenters. The van der Waals surface area contributed by atoms with Crippen molar-refractivity contribution in [3.8, 4) is 11.5 Å². The third kappa shape index (κ3) is 7.24. The van der Waals surface area contributed by atoms with Gasteiger partial charge in [0.05, 0.1) is 12.2 Å². The molecule has 3 aromatic rings. The highest BCUT2D eigenvalue weighted by Crippen LogP contribution is 2.46. The van der Waals surface area contributed by atoms with Gasteiger partial charge in [-0.1, -0.05) is 54.1 Å². The molecule has 37 heavy (non-hydrogen) atoms. The number of halogens is 1. The van der Waals surface area contributed by atoms with E-state index < -0.39 is 24.2 Å². The molecule has 1 aliphatic heterocycles. The molecule has 0 aliphatic carbocycles. The summed E-state index contributed by atoms with van der Waals surface area (Å²) in [6, 6.07) is 22.5. The number of rotatable bonds is 9. The second kappa shape index (κ2) is 11.7. The van der Waals surface area contributed by atoms with Crippen LogP contribution in [0.15, 0.2) is 72.8 Å². The Morgan fingerprint density at radius 1 is 1.03 bits per heavy atom. The van der Waals surface area contributed by atoms with Crippen molar-refractivity contribution in [3.63, 3.8) is 0 Å². The molecular formula is C29H30ClNO6. The van der Waals surface area contributed by atoms with Gasteiger partial charge in [-0.3, -0.25) is 4.79 Å². The molecule has 8 heteroatoms. The summed E-state index contributed by atoms with van der Waals surface area (Å²) in [5.41, 5.74) is 2.02. The Morgan fingerprint density at radius 2 is 1.73 bits per heavy atom. The number of hydrogen-bond acceptors (Lipinski definition) is 5. The van der Waals surface area contributed by atoms with Crippen LogP contribution in [0.25, 0.3) is 0 Å². The number of carboxylic acid groups (broad SMARTS) is 1. The number of benzene rings is 3. The predicted molar refractivity (Wildman–Crippen MR) is 140 cm³/mol. The number of amides is 1. The molecule has 2 N–H and O–H groups in total. The summed E-state index contributed by atoms with van der Waals surface area (Å²) < 4.78 is 18.2. The fraction of sp³-hybridized carbons (Fsp3) is 0.310. The zero-order valence-electron chi connectivity index (χ0n) is 20.8. The van der Waals surface area contributed by atoms with Crippen LogP contribution in [0.3, 0.4) is 0 Å². The lowest BCUT2D eigenvalue weighted by Gasteiger charge is -2.43. The van der Waals surface area contributed by atoms with Gasteiger partial charge in [0.15, 0.2) is 6.61 Å². The van der Waals surface area contributed by atoms with E-state index in [0.29, 0.717) is 41.5 Å². The van der Waals surface area contributed by atoms with E-state index in [1.54, 1.807) is 24.3 Å². The Morgan fingerprint density at radius 3 is 2.41 bits per heavy atom. The molecule has 1 saturated heterocycles. The summed E-state index contributed by atoms with van der Waals surface area (Å²) in [5, 5.41) is 12.9. The van der Waals surface area contributed by atoms with Crippen molar-refractivity contribution >= 4 is 23.5 Å². The lowest BCUT2D eigenvalue weighted by atomic mass is 9.81. The van der Waals surface area contributed by atoms with Crippen molar-refractivity contribution in [2.45, 2.75) is 51.0 Å². The number of ether oxygens (including phenoxy) is 3. The smallest absolute Gasteiger partial charge is 0.341 e. The molecule has 0 aromatic heterocycles. The van der Waals surface area contributed by atoms with Crippen molar-refractivity contribution in [3.05, 3.63) is 94.5 Å². The van der Waals surface area contributed by atoms with Crippen LogP contribution in [-0.2, 0) is 20.9 Å². The molecule has 7 nitrogen and oxygen atoms in total. The zero-order valence-corrected chi connectivity index (χ0v) is 21.5. The van der Waals surface area contributed by atoms with E-state index in [1.165, 1.54) is 6.92 Å². The van der Waals surface area contributed by atoms with E-state index in [2.05, 4.69) is 5.32 Å². The Bertz CT molecular complexity index is 1230. The lowest BCUT2D eigenvalue weighted by Crippen LogP contribution is -2.50. The van der Waals surface area contributed by atoms with Crippen molar-refractivity contribution in [1.82, 2.24) is 5.32 Å². The van der Waals surface area contributed by atoms with Crippen molar-refractivity contribution in [1.29, 1.82) is 0 Å². The van der Waals surface area contributed by atoms with Gasteiger partial charge in [-0.2, -0.15) is 0 Å². The van der Waals surface area contributed by atoms with Gasteiger partial charge in [0.1, 0.15) is 18.1 Å². The Hall–Kier alpha value is -3.55. The van der Waals surface area contributed by atoms with Gasteiger partial charge in [-0.05, 0) is 48.4 Å². The molecule has 3 atom stereocenters. The monoisotopic (exact) mass is 523 g/mol. The number of nitrogens with one attached hydrogen (secondary N) is 1. The van der Waals surface area contributed by atoms with E-state index in [9.17, 15) is 14.7 Å². The summed E-state index contributed by atoms with van der Waals surface area (Å²) in [6.07, 6.45) is 0.173. The molecule has 1 fully saturated rings. The Labute approximate surface area is 221 Å². The van der Waals surface area contributed by atoms with Crippen LogP contribution in [0.1, 0.15) is 55.6 Å². The second-order valence-corrected chi connectivity index (χ2v) is 9.91. The summed E-state index contributed by atoms with van der Waals surface area (Å²) in [7, 11) is 0. The molecule has 0 bridgehead atoms. The maximum atomic E-state index is 12.1. The number of carbonyl (C=O) groups excluding carboxylic acids is 1. The van der Waals surface area contributed by atoms with Gasteiger partial charge < -0.3 is 24.6 Å². The van der Waals surface area contributed by atoms with E-state index in [1.807, 2.05) is 55.5 Å². The topological polar surface area (TPSA) is 94.1 Å². The summed E-state index contributed by atoms with van der Waals surface area (Å²) in [6.45, 7) is 3.36. The van der Waals surface area contributed by atoms with Crippen LogP contribution in [-0.4, -0.2) is 29.1 Å². The number of carbonyl (C=O) groups is 2. The van der Waals surface area contributed by atoms with E-state index in [-0.39, 0.29) is 12.0 Å². The van der Waals surface area contributed by atoms with Crippen LogP contribution in [0.5, 0.6) is 11.5 Å². The van der Waals surface area contributed by atoms with E-state index in [4.69, 9.17) is 25.8 Å². The molecule has 1 aliphatic rings. The fourth-order valence-corrected chi connectivity index (χ4v) is 4.79. The molecule has 194 valence electrons. The molecule has 1 amide bonds. The first-order valence-corrected chi connectivity index (χ1v) is 12.4. The van der Waals surface area contributed by atoms with E-state index in [0.717, 1.165) is 11.1 Å². The minimum atomic E-state index is -1.08. The van der Waals surface area contributed by atoms with Crippen LogP contribution in [0, 0.1) is 0 Å². The Kier molecular flexibility index (Phi) is 8.36. The highest BCUT2D eigenvalue weighted by Gasteiger charge is 2.41. The highest BCUT2D eigenvalue weighted by molar-refractivity contribution is 6.30. The normalized spacial score (nSPS) is 21.2. The van der Waals surface area contributed by atoms with Gasteiger partial charge in [-0.25, -0.2) is 4.79 Å². The summed E-state index contributed by atoms with van der Waals surface area (Å²) in [5.74, 6) is -0.233. The second-order valence-electron chi connectivity index (χ2n) is 9.47. The third-order valence-corrected chi connectivity index (χ3v) is 6.50.